The largest absolute Gasteiger partial charge is 0.483 e. The van der Waals surface area contributed by atoms with Gasteiger partial charge in [-0.1, -0.05) is 12.1 Å². The Balaban J connectivity index is 1.82. The van der Waals surface area contributed by atoms with E-state index in [4.69, 9.17) is 4.74 Å². The number of nitro groups is 1. The zero-order valence-corrected chi connectivity index (χ0v) is 14.1. The number of rotatable bonds is 7. The second-order valence-corrected chi connectivity index (χ2v) is 5.66. The normalized spacial score (nSPS) is 11.6. The van der Waals surface area contributed by atoms with Crippen molar-refractivity contribution >= 4 is 11.6 Å². The molecule has 2 rings (SSSR count). The van der Waals surface area contributed by atoms with E-state index in [0.717, 1.165) is 11.1 Å². The molecule has 0 saturated heterocycles. The van der Waals surface area contributed by atoms with E-state index < -0.39 is 11.0 Å². The molecule has 0 saturated carbocycles. The molecule has 0 spiro atoms. The van der Waals surface area contributed by atoms with Crippen LogP contribution in [0, 0.1) is 24.0 Å². The number of hydrogen-bond donors (Lipinski definition) is 2. The van der Waals surface area contributed by atoms with Crippen molar-refractivity contribution < 1.29 is 19.6 Å². The van der Waals surface area contributed by atoms with Crippen LogP contribution in [0.1, 0.15) is 22.8 Å². The molecule has 2 N–H and O–H groups in total. The fraction of sp³-hybridized carbons (Fsp3) is 0.278. The van der Waals surface area contributed by atoms with E-state index in [9.17, 15) is 20.0 Å². The summed E-state index contributed by atoms with van der Waals surface area (Å²) in [5.41, 5.74) is 2.48. The smallest absolute Gasteiger partial charge is 0.269 e. The zero-order chi connectivity index (χ0) is 18.4. The summed E-state index contributed by atoms with van der Waals surface area (Å²) in [7, 11) is 0. The molecule has 132 valence electrons. The highest BCUT2D eigenvalue weighted by Gasteiger charge is 2.12. The number of carbonyl (C=O) groups excluding carboxylic acids is 1. The average molecular weight is 344 g/mol. The highest BCUT2D eigenvalue weighted by molar-refractivity contribution is 5.77. The third-order valence-corrected chi connectivity index (χ3v) is 3.89. The van der Waals surface area contributed by atoms with Gasteiger partial charge in [0.05, 0.1) is 11.0 Å². The first-order valence-corrected chi connectivity index (χ1v) is 7.76. The van der Waals surface area contributed by atoms with Crippen molar-refractivity contribution in [1.82, 2.24) is 5.32 Å². The summed E-state index contributed by atoms with van der Waals surface area (Å²) >= 11 is 0. The van der Waals surface area contributed by atoms with E-state index in [1.807, 2.05) is 26.0 Å². The lowest BCUT2D eigenvalue weighted by molar-refractivity contribution is -0.384. The van der Waals surface area contributed by atoms with Gasteiger partial charge in [0.15, 0.2) is 6.61 Å². The monoisotopic (exact) mass is 344 g/mol. The summed E-state index contributed by atoms with van der Waals surface area (Å²) in [5, 5.41) is 23.2. The van der Waals surface area contributed by atoms with Crippen LogP contribution in [0.3, 0.4) is 0 Å². The zero-order valence-electron chi connectivity index (χ0n) is 14.1. The van der Waals surface area contributed by atoms with Gasteiger partial charge in [0.2, 0.25) is 0 Å². The Morgan fingerprint density at radius 3 is 2.56 bits per heavy atom. The molecule has 1 amide bonds. The molecule has 0 aliphatic heterocycles. The molecule has 7 heteroatoms. The maximum atomic E-state index is 11.9. The topological polar surface area (TPSA) is 102 Å². The van der Waals surface area contributed by atoms with Gasteiger partial charge >= 0.3 is 0 Å². The van der Waals surface area contributed by atoms with Crippen LogP contribution in [0.15, 0.2) is 42.5 Å². The Kier molecular flexibility index (Phi) is 6.08. The van der Waals surface area contributed by atoms with Crippen LogP contribution in [0.4, 0.5) is 5.69 Å². The molecule has 7 nitrogen and oxygen atoms in total. The fourth-order valence-electron chi connectivity index (χ4n) is 2.22. The number of nitrogens with zero attached hydrogens (tertiary/aromatic N) is 1. The Labute approximate surface area is 145 Å². The van der Waals surface area contributed by atoms with Crippen LogP contribution in [-0.2, 0) is 4.79 Å². The van der Waals surface area contributed by atoms with Crippen molar-refractivity contribution in [2.24, 2.45) is 0 Å². The van der Waals surface area contributed by atoms with Crippen molar-refractivity contribution in [3.05, 3.63) is 69.3 Å². The van der Waals surface area contributed by atoms with Crippen LogP contribution in [0.5, 0.6) is 5.75 Å². The molecule has 0 bridgehead atoms. The molecule has 0 radical (unpaired) electrons. The number of nitrogens with one attached hydrogen (secondary N) is 1. The standard InChI is InChI=1S/C18H20N2O5/c1-12-4-3-5-17(13(12)2)25-11-18(22)19-10-16(21)14-6-8-15(9-7-14)20(23)24/h3-9,16,21H,10-11H2,1-2H3,(H,19,22)/t16-/m0/s1. The molecular weight excluding hydrogens is 324 g/mol. The van der Waals surface area contributed by atoms with Gasteiger partial charge in [0, 0.05) is 18.7 Å². The Hall–Kier alpha value is -2.93. The minimum Gasteiger partial charge on any atom is -0.483 e. The van der Waals surface area contributed by atoms with Gasteiger partial charge in [0.1, 0.15) is 5.75 Å². The summed E-state index contributed by atoms with van der Waals surface area (Å²) in [6.07, 6.45) is -0.953. The van der Waals surface area contributed by atoms with Crippen molar-refractivity contribution in [2.45, 2.75) is 20.0 Å². The molecular formula is C18H20N2O5. The van der Waals surface area contributed by atoms with Gasteiger partial charge in [-0.05, 0) is 48.7 Å². The SMILES string of the molecule is Cc1cccc(OCC(=O)NC[C@H](O)c2ccc([N+](=O)[O-])cc2)c1C. The number of ether oxygens (including phenoxy) is 1. The second-order valence-electron chi connectivity index (χ2n) is 5.66. The van der Waals surface area contributed by atoms with Crippen LogP contribution >= 0.6 is 0 Å². The molecule has 0 aliphatic carbocycles. The summed E-state index contributed by atoms with van der Waals surface area (Å²) in [5.74, 6) is 0.285. The first kappa shape index (κ1) is 18.4. The van der Waals surface area contributed by atoms with Crippen LogP contribution < -0.4 is 10.1 Å². The van der Waals surface area contributed by atoms with Gasteiger partial charge in [-0.3, -0.25) is 14.9 Å². The number of amides is 1. The number of aliphatic hydroxyl groups is 1. The second kappa shape index (κ2) is 8.25. The van der Waals surface area contributed by atoms with E-state index in [2.05, 4.69) is 5.32 Å². The number of hydrogen-bond acceptors (Lipinski definition) is 5. The minimum absolute atomic E-state index is 0.00714. The number of carbonyl (C=O) groups is 1. The predicted molar refractivity (Wildman–Crippen MR) is 92.5 cm³/mol. The van der Waals surface area contributed by atoms with Gasteiger partial charge in [0.25, 0.3) is 11.6 Å². The first-order chi connectivity index (χ1) is 11.9. The molecule has 0 fully saturated rings. The number of aliphatic hydroxyl groups excluding tert-OH is 1. The highest BCUT2D eigenvalue weighted by atomic mass is 16.6. The van der Waals surface area contributed by atoms with Crippen molar-refractivity contribution in [2.75, 3.05) is 13.2 Å². The Bertz CT molecular complexity index is 759. The molecule has 2 aromatic rings. The lowest BCUT2D eigenvalue weighted by Crippen LogP contribution is -2.32. The summed E-state index contributed by atoms with van der Waals surface area (Å²) in [4.78, 5) is 21.9. The number of benzene rings is 2. The molecule has 0 aliphatic rings. The van der Waals surface area contributed by atoms with E-state index in [1.165, 1.54) is 24.3 Å². The van der Waals surface area contributed by atoms with Crippen molar-refractivity contribution in [3.8, 4) is 5.75 Å². The predicted octanol–water partition coefficient (Wildman–Crippen LogP) is 2.44. The lowest BCUT2D eigenvalue weighted by Gasteiger charge is -2.13. The van der Waals surface area contributed by atoms with Gasteiger partial charge < -0.3 is 15.2 Å². The van der Waals surface area contributed by atoms with Crippen LogP contribution in [0.2, 0.25) is 0 Å². The van der Waals surface area contributed by atoms with Gasteiger partial charge in [-0.2, -0.15) is 0 Å². The van der Waals surface area contributed by atoms with Crippen molar-refractivity contribution in [3.63, 3.8) is 0 Å². The quantitative estimate of drug-likeness (QED) is 0.593. The third kappa shape index (κ3) is 5.02. The summed E-state index contributed by atoms with van der Waals surface area (Å²) in [6.45, 7) is 3.72. The maximum absolute atomic E-state index is 11.9. The first-order valence-electron chi connectivity index (χ1n) is 7.76. The molecule has 0 heterocycles. The maximum Gasteiger partial charge on any atom is 0.269 e. The van der Waals surface area contributed by atoms with E-state index in [1.54, 1.807) is 6.07 Å². The minimum atomic E-state index is -0.953. The van der Waals surface area contributed by atoms with Crippen LogP contribution in [-0.4, -0.2) is 29.1 Å². The van der Waals surface area contributed by atoms with E-state index in [0.29, 0.717) is 11.3 Å². The Morgan fingerprint density at radius 1 is 1.24 bits per heavy atom. The van der Waals surface area contributed by atoms with Crippen LogP contribution in [0.25, 0.3) is 0 Å². The summed E-state index contributed by atoms with van der Waals surface area (Å²) < 4.78 is 5.49. The van der Waals surface area contributed by atoms with Crippen molar-refractivity contribution in [1.29, 1.82) is 0 Å². The van der Waals surface area contributed by atoms with E-state index in [-0.39, 0.29) is 24.7 Å². The Morgan fingerprint density at radius 2 is 1.92 bits per heavy atom. The summed E-state index contributed by atoms with van der Waals surface area (Å²) in [6, 6.07) is 11.1. The number of non-ortho nitro benzene ring substituents is 1. The van der Waals surface area contributed by atoms with E-state index >= 15 is 0 Å². The number of aryl methyl sites for hydroxylation is 1. The fourth-order valence-corrected chi connectivity index (χ4v) is 2.22. The average Bonchev–Trinajstić information content (AvgIpc) is 2.61. The number of nitro benzene ring substituents is 1. The molecule has 0 unspecified atom stereocenters. The highest BCUT2D eigenvalue weighted by Crippen LogP contribution is 2.20. The molecule has 25 heavy (non-hydrogen) atoms. The molecule has 0 aromatic heterocycles. The molecule has 2 aromatic carbocycles. The third-order valence-electron chi connectivity index (χ3n) is 3.89. The van der Waals surface area contributed by atoms with Gasteiger partial charge in [-0.15, -0.1) is 0 Å². The van der Waals surface area contributed by atoms with Gasteiger partial charge in [-0.25, -0.2) is 0 Å². The molecule has 1 atom stereocenters. The lowest BCUT2D eigenvalue weighted by atomic mass is 10.1.